The zero-order valence-corrected chi connectivity index (χ0v) is 5.61. The van der Waals surface area contributed by atoms with Crippen LogP contribution < -0.4 is 5.73 Å². The molecule has 54 valence electrons. The van der Waals surface area contributed by atoms with Gasteiger partial charge in [-0.2, -0.15) is 5.26 Å². The summed E-state index contributed by atoms with van der Waals surface area (Å²) in [6.07, 6.45) is 1.94. The lowest BCUT2D eigenvalue weighted by atomic mass is 10.2. The van der Waals surface area contributed by atoms with Gasteiger partial charge in [0.15, 0.2) is 6.29 Å². The van der Waals surface area contributed by atoms with Crippen molar-refractivity contribution in [1.82, 2.24) is 4.98 Å². The maximum atomic E-state index is 10.2. The van der Waals surface area contributed by atoms with Crippen molar-refractivity contribution in [2.75, 3.05) is 5.73 Å². The maximum absolute atomic E-state index is 10.2. The molecule has 0 amide bonds. The highest BCUT2D eigenvalue weighted by atomic mass is 16.1. The summed E-state index contributed by atoms with van der Waals surface area (Å²) in [6, 6.07) is 3.22. The van der Waals surface area contributed by atoms with Gasteiger partial charge in [-0.25, -0.2) is 4.98 Å². The van der Waals surface area contributed by atoms with Gasteiger partial charge < -0.3 is 5.73 Å². The average Bonchev–Trinajstić information content (AvgIpc) is 2.05. The van der Waals surface area contributed by atoms with E-state index in [0.717, 1.165) is 0 Å². The van der Waals surface area contributed by atoms with E-state index in [0.29, 0.717) is 11.8 Å². The Morgan fingerprint density at radius 2 is 2.45 bits per heavy atom. The van der Waals surface area contributed by atoms with Gasteiger partial charge in [0.1, 0.15) is 11.9 Å². The smallest absolute Gasteiger partial charge is 0.151 e. The van der Waals surface area contributed by atoms with E-state index >= 15 is 0 Å². The third-order valence-corrected chi connectivity index (χ3v) is 1.20. The largest absolute Gasteiger partial charge is 0.383 e. The summed E-state index contributed by atoms with van der Waals surface area (Å²) < 4.78 is 0. The van der Waals surface area contributed by atoms with Gasteiger partial charge in [0.05, 0.1) is 5.56 Å². The van der Waals surface area contributed by atoms with Crippen LogP contribution in [0.4, 0.5) is 5.82 Å². The Hall–Kier alpha value is -1.89. The number of rotatable bonds is 1. The summed E-state index contributed by atoms with van der Waals surface area (Å²) in [7, 11) is 0. The molecule has 0 aliphatic heterocycles. The Bertz CT molecular complexity index is 327. The van der Waals surface area contributed by atoms with Crippen LogP contribution in [-0.2, 0) is 0 Å². The molecule has 0 spiro atoms. The van der Waals surface area contributed by atoms with E-state index in [9.17, 15) is 4.79 Å². The lowest BCUT2D eigenvalue weighted by Crippen LogP contribution is -1.95. The van der Waals surface area contributed by atoms with Crippen LogP contribution in [0.1, 0.15) is 15.9 Å². The monoisotopic (exact) mass is 147 g/mol. The highest BCUT2D eigenvalue weighted by Gasteiger charge is 1.99. The minimum absolute atomic E-state index is 0.151. The number of carbonyl (C=O) groups excluding carboxylic acids is 1. The van der Waals surface area contributed by atoms with Gasteiger partial charge in [-0.3, -0.25) is 4.79 Å². The fourth-order valence-corrected chi connectivity index (χ4v) is 0.645. The fraction of sp³-hybridized carbons (Fsp3) is 0. The van der Waals surface area contributed by atoms with Crippen molar-refractivity contribution in [2.45, 2.75) is 0 Å². The number of aromatic nitrogens is 1. The normalized spacial score (nSPS) is 8.64. The number of hydrogen-bond acceptors (Lipinski definition) is 4. The molecule has 0 atom stereocenters. The average molecular weight is 147 g/mol. The third kappa shape index (κ3) is 1.33. The number of nitrogens with two attached hydrogens (primary N) is 1. The second kappa shape index (κ2) is 2.80. The molecule has 0 aliphatic rings. The van der Waals surface area contributed by atoms with Crippen LogP contribution in [0.15, 0.2) is 12.3 Å². The first-order valence-electron chi connectivity index (χ1n) is 2.88. The predicted molar refractivity (Wildman–Crippen MR) is 38.8 cm³/mol. The van der Waals surface area contributed by atoms with E-state index in [4.69, 9.17) is 11.0 Å². The molecule has 4 nitrogen and oxygen atoms in total. The summed E-state index contributed by atoms with van der Waals surface area (Å²) in [5.74, 6) is 0.151. The highest BCUT2D eigenvalue weighted by Crippen LogP contribution is 2.06. The van der Waals surface area contributed by atoms with E-state index in [1.165, 1.54) is 12.3 Å². The molecule has 0 unspecified atom stereocenters. The standard InChI is InChI=1S/C7H5N3O/c8-2-6-1-5(4-11)3-10-7(6)9/h1,3-4H,(H2,9,10). The van der Waals surface area contributed by atoms with Crippen molar-refractivity contribution in [3.8, 4) is 6.07 Å². The Balaban J connectivity index is 3.25. The van der Waals surface area contributed by atoms with Gasteiger partial charge >= 0.3 is 0 Å². The molecule has 2 N–H and O–H groups in total. The maximum Gasteiger partial charge on any atom is 0.151 e. The summed E-state index contributed by atoms with van der Waals surface area (Å²) in [4.78, 5) is 13.8. The highest BCUT2D eigenvalue weighted by molar-refractivity contribution is 5.75. The van der Waals surface area contributed by atoms with Crippen LogP contribution in [0.3, 0.4) is 0 Å². The van der Waals surface area contributed by atoms with Gasteiger partial charge in [0, 0.05) is 11.8 Å². The summed E-state index contributed by atoms with van der Waals surface area (Å²) in [5, 5.41) is 8.45. The molecular weight excluding hydrogens is 142 g/mol. The van der Waals surface area contributed by atoms with E-state index in [1.54, 1.807) is 0 Å². The molecule has 0 saturated heterocycles. The second-order valence-electron chi connectivity index (χ2n) is 1.93. The van der Waals surface area contributed by atoms with Crippen LogP contribution >= 0.6 is 0 Å². The van der Waals surface area contributed by atoms with Gasteiger partial charge in [0.2, 0.25) is 0 Å². The minimum atomic E-state index is 0.151. The van der Waals surface area contributed by atoms with Crippen molar-refractivity contribution < 1.29 is 4.79 Å². The number of carbonyl (C=O) groups is 1. The molecule has 0 saturated carbocycles. The number of hydrogen-bond donors (Lipinski definition) is 1. The molecule has 0 aromatic carbocycles. The fourth-order valence-electron chi connectivity index (χ4n) is 0.645. The molecule has 11 heavy (non-hydrogen) atoms. The first-order chi connectivity index (χ1) is 5.27. The van der Waals surface area contributed by atoms with Crippen molar-refractivity contribution >= 4 is 12.1 Å². The molecule has 1 aromatic rings. The topological polar surface area (TPSA) is 79.8 Å². The van der Waals surface area contributed by atoms with Crippen LogP contribution in [0, 0.1) is 11.3 Å². The van der Waals surface area contributed by atoms with Crippen LogP contribution in [0.5, 0.6) is 0 Å². The molecule has 0 fully saturated rings. The quantitative estimate of drug-likeness (QED) is 0.581. The zero-order valence-electron chi connectivity index (χ0n) is 5.61. The number of aldehydes is 1. The number of anilines is 1. The molecule has 0 radical (unpaired) electrons. The van der Waals surface area contributed by atoms with E-state index in [2.05, 4.69) is 4.98 Å². The van der Waals surface area contributed by atoms with Gasteiger partial charge in [-0.1, -0.05) is 0 Å². The first-order valence-corrected chi connectivity index (χ1v) is 2.88. The molecule has 0 aliphatic carbocycles. The molecular formula is C7H5N3O. The van der Waals surface area contributed by atoms with Gasteiger partial charge in [-0.05, 0) is 6.07 Å². The van der Waals surface area contributed by atoms with E-state index < -0.39 is 0 Å². The van der Waals surface area contributed by atoms with Crippen LogP contribution in [-0.4, -0.2) is 11.3 Å². The Morgan fingerprint density at radius 1 is 1.73 bits per heavy atom. The second-order valence-corrected chi connectivity index (χ2v) is 1.93. The van der Waals surface area contributed by atoms with Crippen molar-refractivity contribution in [1.29, 1.82) is 5.26 Å². The Kier molecular flexibility index (Phi) is 1.83. The third-order valence-electron chi connectivity index (χ3n) is 1.20. The number of pyridine rings is 1. The van der Waals surface area contributed by atoms with Crippen LogP contribution in [0.2, 0.25) is 0 Å². The molecule has 0 bridgehead atoms. The van der Waals surface area contributed by atoms with Gasteiger partial charge in [-0.15, -0.1) is 0 Å². The lowest BCUT2D eigenvalue weighted by Gasteiger charge is -1.94. The number of nitrogens with zero attached hydrogens (tertiary/aromatic N) is 2. The first kappa shape index (κ1) is 7.22. The molecule has 1 heterocycles. The minimum Gasteiger partial charge on any atom is -0.383 e. The predicted octanol–water partition coefficient (Wildman–Crippen LogP) is 0.348. The summed E-state index contributed by atoms with van der Waals surface area (Å²) in [6.45, 7) is 0. The van der Waals surface area contributed by atoms with E-state index in [-0.39, 0.29) is 11.4 Å². The van der Waals surface area contributed by atoms with Crippen LogP contribution in [0.25, 0.3) is 0 Å². The Labute approximate surface area is 63.3 Å². The number of nitrogen functional groups attached to an aromatic ring is 1. The molecule has 1 aromatic heterocycles. The van der Waals surface area contributed by atoms with Crippen molar-refractivity contribution in [2.24, 2.45) is 0 Å². The Morgan fingerprint density at radius 3 is 3.00 bits per heavy atom. The van der Waals surface area contributed by atoms with Gasteiger partial charge in [0.25, 0.3) is 0 Å². The summed E-state index contributed by atoms with van der Waals surface area (Å²) >= 11 is 0. The molecule has 4 heteroatoms. The summed E-state index contributed by atoms with van der Waals surface area (Å²) in [5.41, 5.74) is 5.89. The van der Waals surface area contributed by atoms with Crippen molar-refractivity contribution in [3.05, 3.63) is 23.4 Å². The van der Waals surface area contributed by atoms with Crippen molar-refractivity contribution in [3.63, 3.8) is 0 Å². The van der Waals surface area contributed by atoms with E-state index in [1.807, 2.05) is 6.07 Å². The zero-order chi connectivity index (χ0) is 8.27. The number of nitriles is 1. The SMILES string of the molecule is N#Cc1cc(C=O)cnc1N. The molecule has 1 rings (SSSR count). The lowest BCUT2D eigenvalue weighted by molar-refractivity contribution is 0.112.